The minimum absolute atomic E-state index is 0.0921. The highest BCUT2D eigenvalue weighted by Gasteiger charge is 2.22. The molecule has 4 nitrogen and oxygen atoms in total. The second kappa shape index (κ2) is 6.59. The molecule has 20 heavy (non-hydrogen) atoms. The van der Waals surface area contributed by atoms with Crippen LogP contribution in [0.15, 0.2) is 22.7 Å². The molecule has 0 bridgehead atoms. The van der Waals surface area contributed by atoms with E-state index in [0.717, 1.165) is 17.3 Å². The van der Waals surface area contributed by atoms with Crippen LogP contribution < -0.4 is 5.32 Å². The summed E-state index contributed by atoms with van der Waals surface area (Å²) in [5.41, 5.74) is 0.548. The van der Waals surface area contributed by atoms with Gasteiger partial charge in [0.2, 0.25) is 5.91 Å². The Morgan fingerprint density at radius 2 is 2.00 bits per heavy atom. The maximum atomic E-state index is 12.1. The molecule has 1 aliphatic rings. The van der Waals surface area contributed by atoms with E-state index in [1.165, 1.54) is 0 Å². The molecule has 1 aliphatic heterocycles. The Morgan fingerprint density at radius 1 is 1.35 bits per heavy atom. The van der Waals surface area contributed by atoms with Crippen LogP contribution in [0.4, 0.5) is 0 Å². The van der Waals surface area contributed by atoms with Crippen molar-refractivity contribution in [3.05, 3.63) is 33.3 Å². The zero-order valence-corrected chi connectivity index (χ0v) is 13.5. The van der Waals surface area contributed by atoms with Gasteiger partial charge in [-0.15, -0.1) is 0 Å². The summed E-state index contributed by atoms with van der Waals surface area (Å²) in [7, 11) is 0. The van der Waals surface area contributed by atoms with Gasteiger partial charge in [0, 0.05) is 36.1 Å². The molecule has 108 valence electrons. The van der Waals surface area contributed by atoms with Crippen molar-refractivity contribution >= 4 is 39.3 Å². The number of carbonyl (C=O) groups is 2. The van der Waals surface area contributed by atoms with Crippen LogP contribution >= 0.6 is 27.5 Å². The van der Waals surface area contributed by atoms with E-state index in [1.807, 2.05) is 0 Å². The Labute approximate surface area is 131 Å². The Bertz CT molecular complexity index is 528. The fourth-order valence-electron chi connectivity index (χ4n) is 2.24. The summed E-state index contributed by atoms with van der Waals surface area (Å²) < 4.78 is 0.769. The normalized spacial score (nSPS) is 16.1. The first-order valence-electron chi connectivity index (χ1n) is 6.49. The zero-order valence-electron chi connectivity index (χ0n) is 11.2. The van der Waals surface area contributed by atoms with Crippen LogP contribution in [0.2, 0.25) is 5.02 Å². The molecule has 1 fully saturated rings. The second-order valence-corrected chi connectivity index (χ2v) is 6.14. The summed E-state index contributed by atoms with van der Waals surface area (Å²) in [6.45, 7) is 2.96. The molecule has 2 amide bonds. The van der Waals surface area contributed by atoms with E-state index in [1.54, 1.807) is 30.0 Å². The van der Waals surface area contributed by atoms with Gasteiger partial charge in [-0.2, -0.15) is 0 Å². The quantitative estimate of drug-likeness (QED) is 0.883. The molecule has 2 rings (SSSR count). The van der Waals surface area contributed by atoms with Crippen molar-refractivity contribution in [2.24, 2.45) is 0 Å². The summed E-state index contributed by atoms with van der Waals surface area (Å²) in [6, 6.07) is 5.25. The van der Waals surface area contributed by atoms with Crippen LogP contribution in [0.1, 0.15) is 30.1 Å². The van der Waals surface area contributed by atoms with Crippen LogP contribution in [0, 0.1) is 0 Å². The van der Waals surface area contributed by atoms with E-state index < -0.39 is 0 Å². The predicted molar refractivity (Wildman–Crippen MR) is 81.9 cm³/mol. The first-order valence-corrected chi connectivity index (χ1v) is 7.66. The van der Waals surface area contributed by atoms with Gasteiger partial charge in [0.25, 0.3) is 5.91 Å². The molecule has 0 aromatic heterocycles. The third kappa shape index (κ3) is 3.73. The van der Waals surface area contributed by atoms with Crippen LogP contribution in [-0.4, -0.2) is 35.8 Å². The van der Waals surface area contributed by atoms with E-state index in [-0.39, 0.29) is 17.9 Å². The largest absolute Gasteiger partial charge is 0.349 e. The third-order valence-electron chi connectivity index (χ3n) is 3.46. The molecule has 1 heterocycles. The Morgan fingerprint density at radius 3 is 2.55 bits per heavy atom. The fraction of sp³-hybridized carbons (Fsp3) is 0.429. The predicted octanol–water partition coefficient (Wildman–Crippen LogP) is 2.84. The minimum Gasteiger partial charge on any atom is -0.349 e. The fourth-order valence-corrected chi connectivity index (χ4v) is 2.67. The smallest absolute Gasteiger partial charge is 0.251 e. The van der Waals surface area contributed by atoms with Crippen LogP contribution in [0.5, 0.6) is 0 Å². The van der Waals surface area contributed by atoms with Gasteiger partial charge >= 0.3 is 0 Å². The lowest BCUT2D eigenvalue weighted by molar-refractivity contribution is -0.129. The second-order valence-electron chi connectivity index (χ2n) is 4.88. The number of amides is 2. The lowest BCUT2D eigenvalue weighted by Crippen LogP contribution is -2.46. The van der Waals surface area contributed by atoms with Crippen molar-refractivity contribution in [3.8, 4) is 0 Å². The first-order chi connectivity index (χ1) is 9.47. The van der Waals surface area contributed by atoms with E-state index in [0.29, 0.717) is 23.7 Å². The van der Waals surface area contributed by atoms with Gasteiger partial charge in [-0.25, -0.2) is 0 Å². The number of benzene rings is 1. The number of hydrogen-bond donors (Lipinski definition) is 1. The highest BCUT2D eigenvalue weighted by molar-refractivity contribution is 9.10. The van der Waals surface area contributed by atoms with Crippen molar-refractivity contribution < 1.29 is 9.59 Å². The van der Waals surface area contributed by atoms with Gasteiger partial charge in [-0.1, -0.05) is 11.6 Å². The summed E-state index contributed by atoms with van der Waals surface area (Å²) in [5.74, 6) is -0.0323. The monoisotopic (exact) mass is 358 g/mol. The van der Waals surface area contributed by atoms with Gasteiger partial charge in [-0.3, -0.25) is 9.59 Å². The van der Waals surface area contributed by atoms with Gasteiger partial charge in [-0.05, 0) is 47.0 Å². The van der Waals surface area contributed by atoms with Gasteiger partial charge in [0.15, 0.2) is 0 Å². The topological polar surface area (TPSA) is 49.4 Å². The molecule has 0 spiro atoms. The highest BCUT2D eigenvalue weighted by Crippen LogP contribution is 2.23. The van der Waals surface area contributed by atoms with Crippen LogP contribution in [0.25, 0.3) is 0 Å². The molecule has 1 aromatic carbocycles. The number of halogens is 2. The number of carbonyl (C=O) groups excluding carboxylic acids is 2. The van der Waals surface area contributed by atoms with E-state index in [2.05, 4.69) is 21.2 Å². The number of nitrogens with zero attached hydrogens (tertiary/aromatic N) is 1. The molecule has 0 saturated carbocycles. The van der Waals surface area contributed by atoms with Gasteiger partial charge < -0.3 is 10.2 Å². The molecular weight excluding hydrogens is 344 g/mol. The molecule has 0 atom stereocenters. The van der Waals surface area contributed by atoms with Crippen molar-refractivity contribution in [1.82, 2.24) is 10.2 Å². The summed E-state index contributed by atoms with van der Waals surface area (Å²) >= 11 is 9.28. The minimum atomic E-state index is -0.124. The standard InChI is InChI=1S/C14H16BrClN2O2/c1-9(19)18-6-4-11(5-7-18)17-14(20)10-2-3-12(15)13(16)8-10/h2-3,8,11H,4-7H2,1H3,(H,17,20). The molecule has 1 saturated heterocycles. The van der Waals surface area contributed by atoms with Crippen molar-refractivity contribution in [2.45, 2.75) is 25.8 Å². The molecule has 1 aromatic rings. The summed E-state index contributed by atoms with van der Waals surface area (Å²) in [4.78, 5) is 25.2. The average Bonchev–Trinajstić information content (AvgIpc) is 2.42. The number of hydrogen-bond acceptors (Lipinski definition) is 2. The molecule has 0 aliphatic carbocycles. The number of piperidine rings is 1. The Hall–Kier alpha value is -1.07. The van der Waals surface area contributed by atoms with Gasteiger partial charge in [0.1, 0.15) is 0 Å². The maximum absolute atomic E-state index is 12.1. The van der Waals surface area contributed by atoms with Crippen molar-refractivity contribution in [3.63, 3.8) is 0 Å². The average molecular weight is 360 g/mol. The third-order valence-corrected chi connectivity index (χ3v) is 4.69. The molecular formula is C14H16BrClN2O2. The van der Waals surface area contributed by atoms with Crippen molar-refractivity contribution in [2.75, 3.05) is 13.1 Å². The van der Waals surface area contributed by atoms with Crippen molar-refractivity contribution in [1.29, 1.82) is 0 Å². The van der Waals surface area contributed by atoms with E-state index in [4.69, 9.17) is 11.6 Å². The number of likely N-dealkylation sites (tertiary alicyclic amines) is 1. The Balaban J connectivity index is 1.92. The number of rotatable bonds is 2. The lowest BCUT2D eigenvalue weighted by atomic mass is 10.0. The summed E-state index contributed by atoms with van der Waals surface area (Å²) in [5, 5.41) is 3.51. The van der Waals surface area contributed by atoms with Crippen LogP contribution in [0.3, 0.4) is 0 Å². The molecule has 1 N–H and O–H groups in total. The molecule has 6 heteroatoms. The Kier molecular flexibility index (Phi) is 5.05. The van der Waals surface area contributed by atoms with Gasteiger partial charge in [0.05, 0.1) is 5.02 Å². The maximum Gasteiger partial charge on any atom is 0.251 e. The highest BCUT2D eigenvalue weighted by atomic mass is 79.9. The molecule has 0 radical (unpaired) electrons. The first kappa shape index (κ1) is 15.3. The van der Waals surface area contributed by atoms with Crippen LogP contribution in [-0.2, 0) is 4.79 Å². The summed E-state index contributed by atoms with van der Waals surface area (Å²) in [6.07, 6.45) is 1.57. The lowest BCUT2D eigenvalue weighted by Gasteiger charge is -2.31. The van der Waals surface area contributed by atoms with E-state index in [9.17, 15) is 9.59 Å². The number of nitrogens with one attached hydrogen (secondary N) is 1. The van der Waals surface area contributed by atoms with E-state index >= 15 is 0 Å². The zero-order chi connectivity index (χ0) is 14.7. The SMILES string of the molecule is CC(=O)N1CCC(NC(=O)c2ccc(Br)c(Cl)c2)CC1. The molecule has 0 unspecified atom stereocenters.